The normalized spacial score (nSPS) is 12.5. The molecule has 1 aromatic heterocycles. The average Bonchev–Trinajstić information content (AvgIpc) is 2.30. The molecule has 0 spiro atoms. The Labute approximate surface area is 106 Å². The van der Waals surface area contributed by atoms with Gasteiger partial charge in [0.15, 0.2) is 0 Å². The summed E-state index contributed by atoms with van der Waals surface area (Å²) in [6.07, 6.45) is 3.82. The van der Waals surface area contributed by atoms with Gasteiger partial charge in [-0.1, -0.05) is 32.4 Å². The smallest absolute Gasteiger partial charge is 0.223 e. The van der Waals surface area contributed by atoms with Gasteiger partial charge in [0, 0.05) is 11.8 Å². The van der Waals surface area contributed by atoms with Gasteiger partial charge in [-0.25, -0.2) is 9.97 Å². The predicted molar refractivity (Wildman–Crippen MR) is 71.4 cm³/mol. The lowest BCUT2D eigenvalue weighted by Crippen LogP contribution is -2.05. The fraction of sp³-hybridized carbons (Fsp3) is 0.636. The molecule has 1 aromatic rings. The van der Waals surface area contributed by atoms with Crippen LogP contribution in [-0.2, 0) is 0 Å². The Hall–Kier alpha value is -0.480. The van der Waals surface area contributed by atoms with Crippen molar-refractivity contribution in [1.29, 1.82) is 0 Å². The number of hydrogen-bond donors (Lipinski definition) is 1. The molecule has 1 unspecified atom stereocenters. The van der Waals surface area contributed by atoms with Crippen LogP contribution in [0.1, 0.15) is 33.6 Å². The van der Waals surface area contributed by atoms with Crippen LogP contribution in [0.15, 0.2) is 11.2 Å². The Morgan fingerprint density at radius 1 is 1.50 bits per heavy atom. The first kappa shape index (κ1) is 13.6. The summed E-state index contributed by atoms with van der Waals surface area (Å²) in [6, 6.07) is 0. The van der Waals surface area contributed by atoms with E-state index in [0.717, 1.165) is 24.4 Å². The van der Waals surface area contributed by atoms with Crippen LogP contribution in [0.25, 0.3) is 0 Å². The van der Waals surface area contributed by atoms with Gasteiger partial charge in [-0.15, -0.1) is 11.8 Å². The lowest BCUT2D eigenvalue weighted by atomic mass is 10.4. The van der Waals surface area contributed by atoms with E-state index in [2.05, 4.69) is 36.1 Å². The third-order valence-corrected chi connectivity index (χ3v) is 3.79. The van der Waals surface area contributed by atoms with Crippen molar-refractivity contribution in [3.8, 4) is 0 Å². The zero-order valence-corrected chi connectivity index (χ0v) is 11.5. The van der Waals surface area contributed by atoms with Crippen molar-refractivity contribution in [2.24, 2.45) is 0 Å². The van der Waals surface area contributed by atoms with Crippen LogP contribution < -0.4 is 5.32 Å². The molecule has 3 nitrogen and oxygen atoms in total. The second-order valence-electron chi connectivity index (χ2n) is 3.61. The monoisotopic (exact) mass is 259 g/mol. The number of anilines is 1. The summed E-state index contributed by atoms with van der Waals surface area (Å²) < 4.78 is 0. The Kier molecular flexibility index (Phi) is 5.91. The molecule has 90 valence electrons. The zero-order valence-electron chi connectivity index (χ0n) is 9.96. The van der Waals surface area contributed by atoms with E-state index >= 15 is 0 Å². The van der Waals surface area contributed by atoms with Crippen LogP contribution in [0.5, 0.6) is 0 Å². The summed E-state index contributed by atoms with van der Waals surface area (Å²) in [5.74, 6) is 0.664. The molecule has 0 bridgehead atoms. The molecule has 1 N–H and O–H groups in total. The average molecular weight is 260 g/mol. The summed E-state index contributed by atoms with van der Waals surface area (Å²) in [4.78, 5) is 8.55. The molecular formula is C11H18ClN3S. The Morgan fingerprint density at radius 2 is 2.25 bits per heavy atom. The highest BCUT2D eigenvalue weighted by Gasteiger charge is 2.09. The minimum Gasteiger partial charge on any atom is -0.354 e. The number of halogens is 1. The molecular weight excluding hydrogens is 242 g/mol. The van der Waals surface area contributed by atoms with Gasteiger partial charge in [-0.2, -0.15) is 0 Å². The lowest BCUT2D eigenvalue weighted by Gasteiger charge is -2.10. The van der Waals surface area contributed by atoms with Gasteiger partial charge in [0.1, 0.15) is 5.03 Å². The van der Waals surface area contributed by atoms with Crippen molar-refractivity contribution in [3.05, 3.63) is 11.2 Å². The molecule has 5 heteroatoms. The van der Waals surface area contributed by atoms with Gasteiger partial charge in [0.2, 0.25) is 5.95 Å². The van der Waals surface area contributed by atoms with E-state index < -0.39 is 0 Å². The Bertz CT molecular complexity index is 333. The molecule has 1 atom stereocenters. The third-order valence-electron chi connectivity index (χ3n) is 2.13. The minimum atomic E-state index is 0.520. The standard InChI is InChI=1S/C11H18ClN3S/c1-4-6-13-11-14-7-9(12)10(15-11)16-8(3)5-2/h7-8H,4-6H2,1-3H3,(H,13,14,15). The van der Waals surface area contributed by atoms with Crippen LogP contribution in [0.4, 0.5) is 5.95 Å². The van der Waals surface area contributed by atoms with Crippen LogP contribution >= 0.6 is 23.4 Å². The van der Waals surface area contributed by atoms with Gasteiger partial charge in [0.25, 0.3) is 0 Å². The number of hydrogen-bond acceptors (Lipinski definition) is 4. The zero-order chi connectivity index (χ0) is 12.0. The quantitative estimate of drug-likeness (QED) is 0.622. The number of aromatic nitrogens is 2. The van der Waals surface area contributed by atoms with Crippen LogP contribution in [0, 0.1) is 0 Å². The summed E-state index contributed by atoms with van der Waals surface area (Å²) in [7, 11) is 0. The van der Waals surface area contributed by atoms with Crippen molar-refractivity contribution < 1.29 is 0 Å². The number of nitrogens with zero attached hydrogens (tertiary/aromatic N) is 2. The van der Waals surface area contributed by atoms with Crippen LogP contribution in [0.2, 0.25) is 5.02 Å². The number of rotatable bonds is 6. The molecule has 0 aliphatic rings. The Balaban J connectivity index is 2.73. The largest absolute Gasteiger partial charge is 0.354 e. The molecule has 1 heterocycles. The van der Waals surface area contributed by atoms with Crippen molar-refractivity contribution in [2.75, 3.05) is 11.9 Å². The molecule has 0 saturated carbocycles. The van der Waals surface area contributed by atoms with E-state index in [1.165, 1.54) is 0 Å². The van der Waals surface area contributed by atoms with Crippen molar-refractivity contribution in [1.82, 2.24) is 9.97 Å². The van der Waals surface area contributed by atoms with Crippen molar-refractivity contribution in [2.45, 2.75) is 43.9 Å². The number of thioether (sulfide) groups is 1. The van der Waals surface area contributed by atoms with E-state index in [1.807, 2.05) is 0 Å². The maximum Gasteiger partial charge on any atom is 0.223 e. The minimum absolute atomic E-state index is 0.520. The summed E-state index contributed by atoms with van der Waals surface area (Å²) >= 11 is 7.75. The lowest BCUT2D eigenvalue weighted by molar-refractivity contribution is 0.895. The summed E-state index contributed by atoms with van der Waals surface area (Å²) in [6.45, 7) is 7.32. The van der Waals surface area contributed by atoms with E-state index in [1.54, 1.807) is 18.0 Å². The van der Waals surface area contributed by atoms with Gasteiger partial charge < -0.3 is 5.32 Å². The van der Waals surface area contributed by atoms with Crippen LogP contribution in [-0.4, -0.2) is 21.8 Å². The van der Waals surface area contributed by atoms with Gasteiger partial charge in [0.05, 0.1) is 11.2 Å². The van der Waals surface area contributed by atoms with Gasteiger partial charge in [-0.3, -0.25) is 0 Å². The Morgan fingerprint density at radius 3 is 2.88 bits per heavy atom. The molecule has 0 fully saturated rings. The van der Waals surface area contributed by atoms with E-state index in [9.17, 15) is 0 Å². The molecule has 0 aliphatic carbocycles. The van der Waals surface area contributed by atoms with E-state index in [-0.39, 0.29) is 0 Å². The molecule has 0 aliphatic heterocycles. The molecule has 0 saturated heterocycles. The van der Waals surface area contributed by atoms with E-state index in [0.29, 0.717) is 16.2 Å². The highest BCUT2D eigenvalue weighted by molar-refractivity contribution is 7.99. The van der Waals surface area contributed by atoms with E-state index in [4.69, 9.17) is 11.6 Å². The maximum absolute atomic E-state index is 6.06. The summed E-state index contributed by atoms with van der Waals surface area (Å²) in [5.41, 5.74) is 0. The number of nitrogens with one attached hydrogen (secondary N) is 1. The second kappa shape index (κ2) is 6.97. The fourth-order valence-corrected chi connectivity index (χ4v) is 2.11. The highest BCUT2D eigenvalue weighted by atomic mass is 35.5. The van der Waals surface area contributed by atoms with Crippen LogP contribution in [0.3, 0.4) is 0 Å². The third kappa shape index (κ3) is 4.18. The molecule has 0 aromatic carbocycles. The van der Waals surface area contributed by atoms with Crippen molar-refractivity contribution in [3.63, 3.8) is 0 Å². The molecule has 1 rings (SSSR count). The molecule has 0 radical (unpaired) electrons. The predicted octanol–water partition coefficient (Wildman–Crippen LogP) is 3.84. The maximum atomic E-state index is 6.06. The highest BCUT2D eigenvalue weighted by Crippen LogP contribution is 2.29. The van der Waals surface area contributed by atoms with Gasteiger partial charge in [-0.05, 0) is 12.8 Å². The van der Waals surface area contributed by atoms with Gasteiger partial charge >= 0.3 is 0 Å². The first-order valence-corrected chi connectivity index (χ1v) is 6.86. The topological polar surface area (TPSA) is 37.8 Å². The molecule has 16 heavy (non-hydrogen) atoms. The summed E-state index contributed by atoms with van der Waals surface area (Å²) in [5, 5.41) is 5.18. The second-order valence-corrected chi connectivity index (χ2v) is 5.44. The van der Waals surface area contributed by atoms with Crippen molar-refractivity contribution >= 4 is 29.3 Å². The fourth-order valence-electron chi connectivity index (χ4n) is 1.03. The first-order valence-electron chi connectivity index (χ1n) is 5.60. The molecule has 0 amide bonds. The first-order chi connectivity index (χ1) is 7.67. The SMILES string of the molecule is CCCNc1ncc(Cl)c(SC(C)CC)n1.